The van der Waals surface area contributed by atoms with Gasteiger partial charge in [0, 0.05) is 5.92 Å². The molecule has 0 radical (unpaired) electrons. The molecule has 0 fully saturated rings. The molecule has 8 nitrogen and oxygen atoms in total. The Hall–Kier alpha value is -2.90. The first-order valence-electron chi connectivity index (χ1n) is 7.92. The summed E-state index contributed by atoms with van der Waals surface area (Å²) in [6, 6.07) is 7.70. The van der Waals surface area contributed by atoms with Crippen LogP contribution in [0.4, 0.5) is 0 Å². The molecular weight excluding hydrogens is 342 g/mol. The van der Waals surface area contributed by atoms with Crippen molar-refractivity contribution in [3.8, 4) is 0 Å². The molecule has 142 valence electrons. The summed E-state index contributed by atoms with van der Waals surface area (Å²) >= 11 is 0. The smallest absolute Gasteiger partial charge is 0.328 e. The summed E-state index contributed by atoms with van der Waals surface area (Å²) in [4.78, 5) is 48.3. The molecule has 2 atom stereocenters. The number of hydrogen-bond donors (Lipinski definition) is 1. The number of benzene rings is 1. The average Bonchev–Trinajstić information content (AvgIpc) is 2.65. The third-order valence-electron chi connectivity index (χ3n) is 3.94. The van der Waals surface area contributed by atoms with Crippen LogP contribution in [0.1, 0.15) is 12.5 Å². The van der Waals surface area contributed by atoms with E-state index < -0.39 is 41.7 Å². The lowest BCUT2D eigenvalue weighted by atomic mass is 9.87. The number of amides is 1. The molecule has 0 aliphatic heterocycles. The number of ether oxygens (including phenoxy) is 3. The fraction of sp³-hybridized carbons (Fsp3) is 0.444. The molecule has 1 aromatic carbocycles. The molecule has 0 saturated heterocycles. The highest BCUT2D eigenvalue weighted by atomic mass is 16.5. The predicted molar refractivity (Wildman–Crippen MR) is 90.8 cm³/mol. The first kappa shape index (κ1) is 21.1. The maximum atomic E-state index is 12.3. The van der Waals surface area contributed by atoms with E-state index in [0.29, 0.717) is 0 Å². The molecule has 8 heteroatoms. The second-order valence-electron chi connectivity index (χ2n) is 5.61. The van der Waals surface area contributed by atoms with Gasteiger partial charge in [0.15, 0.2) is 5.92 Å². The van der Waals surface area contributed by atoms with Crippen LogP contribution in [0, 0.1) is 11.8 Å². The summed E-state index contributed by atoms with van der Waals surface area (Å²) in [5.41, 5.74) is 0.749. The topological polar surface area (TPSA) is 108 Å². The van der Waals surface area contributed by atoms with Crippen molar-refractivity contribution < 1.29 is 33.4 Å². The Morgan fingerprint density at radius 2 is 1.38 bits per heavy atom. The number of esters is 3. The van der Waals surface area contributed by atoms with Gasteiger partial charge in [0.25, 0.3) is 0 Å². The Balaban J connectivity index is 3.00. The van der Waals surface area contributed by atoms with E-state index in [-0.39, 0.29) is 6.42 Å². The van der Waals surface area contributed by atoms with E-state index in [1.54, 1.807) is 24.3 Å². The quantitative estimate of drug-likeness (QED) is 0.406. The van der Waals surface area contributed by atoms with Crippen LogP contribution >= 0.6 is 0 Å². The van der Waals surface area contributed by atoms with E-state index in [4.69, 9.17) is 4.74 Å². The van der Waals surface area contributed by atoms with Gasteiger partial charge in [-0.2, -0.15) is 0 Å². The highest BCUT2D eigenvalue weighted by Crippen LogP contribution is 2.20. The maximum Gasteiger partial charge on any atom is 0.328 e. The number of nitrogens with one attached hydrogen (secondary N) is 1. The van der Waals surface area contributed by atoms with Crippen molar-refractivity contribution in [1.29, 1.82) is 0 Å². The van der Waals surface area contributed by atoms with Gasteiger partial charge >= 0.3 is 17.9 Å². The van der Waals surface area contributed by atoms with E-state index in [1.165, 1.54) is 6.92 Å². The Kier molecular flexibility index (Phi) is 8.27. The Morgan fingerprint density at radius 1 is 0.885 bits per heavy atom. The monoisotopic (exact) mass is 365 g/mol. The average molecular weight is 365 g/mol. The van der Waals surface area contributed by atoms with Crippen LogP contribution in [0.15, 0.2) is 30.3 Å². The van der Waals surface area contributed by atoms with Crippen LogP contribution in [0.5, 0.6) is 0 Å². The van der Waals surface area contributed by atoms with Crippen molar-refractivity contribution in [2.45, 2.75) is 19.4 Å². The minimum absolute atomic E-state index is 0.0299. The molecule has 1 rings (SSSR count). The van der Waals surface area contributed by atoms with Crippen LogP contribution < -0.4 is 5.32 Å². The molecule has 0 heterocycles. The third kappa shape index (κ3) is 5.58. The first-order chi connectivity index (χ1) is 12.3. The summed E-state index contributed by atoms with van der Waals surface area (Å²) in [6.45, 7) is 1.46. The molecule has 0 aromatic heterocycles. The van der Waals surface area contributed by atoms with Crippen LogP contribution in [0.3, 0.4) is 0 Å². The zero-order valence-electron chi connectivity index (χ0n) is 15.2. The molecule has 0 bridgehead atoms. The minimum Gasteiger partial charge on any atom is -0.468 e. The van der Waals surface area contributed by atoms with E-state index >= 15 is 0 Å². The third-order valence-corrected chi connectivity index (χ3v) is 3.94. The lowest BCUT2D eigenvalue weighted by Crippen LogP contribution is -2.51. The number of carbonyl (C=O) groups excluding carboxylic acids is 4. The lowest BCUT2D eigenvalue weighted by Gasteiger charge is -2.27. The van der Waals surface area contributed by atoms with Crippen LogP contribution in [0.25, 0.3) is 0 Å². The lowest BCUT2D eigenvalue weighted by molar-refractivity contribution is -0.163. The van der Waals surface area contributed by atoms with Gasteiger partial charge in [0.2, 0.25) is 5.91 Å². The molecule has 26 heavy (non-hydrogen) atoms. The Labute approximate surface area is 151 Å². The standard InChI is InChI=1S/C18H23NO7/c1-11(14(16(21)24-2)17(22)25-3)15(18(23)26-4)19-13(20)10-12-8-6-5-7-9-12/h5-9,11,14-15H,10H2,1-4H3,(H,19,20)/t11-,15+/m0/s1. The molecule has 1 amide bonds. The second kappa shape index (κ2) is 10.2. The summed E-state index contributed by atoms with van der Waals surface area (Å²) < 4.78 is 13.9. The van der Waals surface area contributed by atoms with Gasteiger partial charge in [-0.3, -0.25) is 14.4 Å². The van der Waals surface area contributed by atoms with E-state index in [0.717, 1.165) is 26.9 Å². The molecule has 0 saturated carbocycles. The molecule has 1 aromatic rings. The van der Waals surface area contributed by atoms with Crippen molar-refractivity contribution in [1.82, 2.24) is 5.32 Å². The Bertz CT molecular complexity index is 628. The fourth-order valence-electron chi connectivity index (χ4n) is 2.51. The predicted octanol–water partition coefficient (Wildman–Crippen LogP) is 0.485. The minimum atomic E-state index is -1.38. The van der Waals surface area contributed by atoms with Gasteiger partial charge in [0.05, 0.1) is 27.8 Å². The summed E-state index contributed by atoms with van der Waals surface area (Å²) in [5.74, 6) is -5.29. The summed E-state index contributed by atoms with van der Waals surface area (Å²) in [5, 5.41) is 2.53. The Morgan fingerprint density at radius 3 is 1.85 bits per heavy atom. The van der Waals surface area contributed by atoms with Gasteiger partial charge in [-0.05, 0) is 5.56 Å². The zero-order valence-corrected chi connectivity index (χ0v) is 15.2. The van der Waals surface area contributed by atoms with Gasteiger partial charge in [0.1, 0.15) is 6.04 Å². The molecule has 0 aliphatic rings. The molecule has 0 aliphatic carbocycles. The SMILES string of the molecule is COC(=O)C(C(=O)OC)[C@H](C)[C@@H](NC(=O)Cc1ccccc1)C(=O)OC. The second-order valence-corrected chi connectivity index (χ2v) is 5.61. The fourth-order valence-corrected chi connectivity index (χ4v) is 2.51. The van der Waals surface area contributed by atoms with E-state index in [2.05, 4.69) is 14.8 Å². The number of hydrogen-bond acceptors (Lipinski definition) is 7. The molecule has 0 unspecified atom stereocenters. The van der Waals surface area contributed by atoms with Crippen molar-refractivity contribution in [3.05, 3.63) is 35.9 Å². The number of carbonyl (C=O) groups is 4. The highest BCUT2D eigenvalue weighted by molar-refractivity contribution is 5.96. The van der Waals surface area contributed by atoms with Gasteiger partial charge in [-0.1, -0.05) is 37.3 Å². The number of rotatable bonds is 8. The van der Waals surface area contributed by atoms with Crippen molar-refractivity contribution in [2.75, 3.05) is 21.3 Å². The number of methoxy groups -OCH3 is 3. The van der Waals surface area contributed by atoms with Crippen molar-refractivity contribution >= 4 is 23.8 Å². The first-order valence-corrected chi connectivity index (χ1v) is 7.92. The molecular formula is C18H23NO7. The van der Waals surface area contributed by atoms with E-state index in [9.17, 15) is 19.2 Å². The van der Waals surface area contributed by atoms with Crippen LogP contribution in [-0.4, -0.2) is 51.2 Å². The highest BCUT2D eigenvalue weighted by Gasteiger charge is 2.42. The normalized spacial score (nSPS) is 12.7. The summed E-state index contributed by atoms with van der Waals surface area (Å²) in [7, 11) is 3.38. The zero-order chi connectivity index (χ0) is 19.7. The molecule has 1 N–H and O–H groups in total. The largest absolute Gasteiger partial charge is 0.468 e. The van der Waals surface area contributed by atoms with Crippen LogP contribution in [-0.2, 0) is 39.8 Å². The van der Waals surface area contributed by atoms with E-state index in [1.807, 2.05) is 6.07 Å². The van der Waals surface area contributed by atoms with Crippen molar-refractivity contribution in [3.63, 3.8) is 0 Å². The van der Waals surface area contributed by atoms with Gasteiger partial charge < -0.3 is 19.5 Å². The summed E-state index contributed by atoms with van der Waals surface area (Å²) in [6.07, 6.45) is 0.0299. The van der Waals surface area contributed by atoms with Crippen molar-refractivity contribution in [2.24, 2.45) is 11.8 Å². The van der Waals surface area contributed by atoms with Gasteiger partial charge in [-0.25, -0.2) is 4.79 Å². The maximum absolute atomic E-state index is 12.3. The molecule has 0 spiro atoms. The van der Waals surface area contributed by atoms with Crippen LogP contribution in [0.2, 0.25) is 0 Å². The van der Waals surface area contributed by atoms with Gasteiger partial charge in [-0.15, -0.1) is 0 Å².